The molecule has 3 N–H and O–H groups in total. The summed E-state index contributed by atoms with van der Waals surface area (Å²) in [7, 11) is 0. The Kier molecular flexibility index (Phi) is 3.40. The second-order valence-electron chi connectivity index (χ2n) is 5.37. The molecule has 0 aliphatic carbocycles. The molecule has 0 radical (unpaired) electrons. The van der Waals surface area contributed by atoms with Gasteiger partial charge in [-0.15, -0.1) is 0 Å². The second kappa shape index (κ2) is 5.70. The summed E-state index contributed by atoms with van der Waals surface area (Å²) in [4.78, 5) is 12.0. The molecule has 0 fully saturated rings. The highest BCUT2D eigenvalue weighted by atomic mass is 16.3. The van der Waals surface area contributed by atoms with Crippen LogP contribution in [0.15, 0.2) is 59.3 Å². The van der Waals surface area contributed by atoms with Gasteiger partial charge >= 0.3 is 0 Å². The average Bonchev–Trinajstić information content (AvgIpc) is 3.24. The summed E-state index contributed by atoms with van der Waals surface area (Å²) in [5, 5.41) is 0. The van der Waals surface area contributed by atoms with E-state index < -0.39 is 0 Å². The van der Waals surface area contributed by atoms with Gasteiger partial charge in [-0.25, -0.2) is 9.97 Å². The van der Waals surface area contributed by atoms with Crippen LogP contribution in [0.2, 0.25) is 0 Å². The van der Waals surface area contributed by atoms with Crippen molar-refractivity contribution in [3.8, 4) is 22.6 Å². The zero-order chi connectivity index (χ0) is 15.6. The van der Waals surface area contributed by atoms with Crippen molar-refractivity contribution in [3.05, 3.63) is 60.7 Å². The third-order valence-electron chi connectivity index (χ3n) is 3.81. The Morgan fingerprint density at radius 1 is 1.00 bits per heavy atom. The lowest BCUT2D eigenvalue weighted by molar-refractivity contribution is 0.574. The number of hydrogen-bond donors (Lipinski definition) is 2. The quantitative estimate of drug-likeness (QED) is 0.605. The molecule has 5 nitrogen and oxygen atoms in total. The number of rotatable bonds is 4. The van der Waals surface area contributed by atoms with Gasteiger partial charge in [0.25, 0.3) is 0 Å². The SMILES string of the molecule is NCCc1nc2ccc(-c3ccc(-c4ncco4)cc3)cc2[nH]1. The molecule has 0 saturated heterocycles. The monoisotopic (exact) mass is 304 g/mol. The molecule has 0 unspecified atom stereocenters. The van der Waals surface area contributed by atoms with Crippen molar-refractivity contribution >= 4 is 11.0 Å². The topological polar surface area (TPSA) is 80.7 Å². The fourth-order valence-electron chi connectivity index (χ4n) is 2.67. The van der Waals surface area contributed by atoms with Crippen LogP contribution < -0.4 is 5.73 Å². The molecule has 23 heavy (non-hydrogen) atoms. The van der Waals surface area contributed by atoms with Gasteiger partial charge in [0.1, 0.15) is 12.1 Å². The molecular weight excluding hydrogens is 288 g/mol. The molecule has 0 bridgehead atoms. The Balaban J connectivity index is 1.68. The molecule has 0 amide bonds. The van der Waals surface area contributed by atoms with Gasteiger partial charge in [-0.2, -0.15) is 0 Å². The Hall–Kier alpha value is -2.92. The van der Waals surface area contributed by atoms with Gasteiger partial charge < -0.3 is 15.1 Å². The van der Waals surface area contributed by atoms with E-state index in [0.717, 1.165) is 40.0 Å². The number of aromatic amines is 1. The van der Waals surface area contributed by atoms with Gasteiger partial charge in [-0.05, 0) is 41.9 Å². The predicted molar refractivity (Wildman–Crippen MR) is 89.8 cm³/mol. The Bertz CT molecular complexity index is 923. The summed E-state index contributed by atoms with van der Waals surface area (Å²) >= 11 is 0. The smallest absolute Gasteiger partial charge is 0.225 e. The number of benzene rings is 2. The summed E-state index contributed by atoms with van der Waals surface area (Å²) in [6, 6.07) is 14.4. The summed E-state index contributed by atoms with van der Waals surface area (Å²) in [5.74, 6) is 1.56. The number of imidazole rings is 1. The Labute approximate surface area is 133 Å². The van der Waals surface area contributed by atoms with Crippen molar-refractivity contribution < 1.29 is 4.42 Å². The van der Waals surface area contributed by atoms with E-state index in [9.17, 15) is 0 Å². The zero-order valence-electron chi connectivity index (χ0n) is 12.5. The molecule has 114 valence electrons. The first-order valence-corrected chi connectivity index (χ1v) is 7.52. The highest BCUT2D eigenvalue weighted by molar-refractivity contribution is 5.82. The lowest BCUT2D eigenvalue weighted by atomic mass is 10.0. The summed E-state index contributed by atoms with van der Waals surface area (Å²) in [6.45, 7) is 0.592. The number of nitrogens with zero attached hydrogens (tertiary/aromatic N) is 2. The van der Waals surface area contributed by atoms with Gasteiger partial charge in [0.05, 0.1) is 17.2 Å². The fourth-order valence-corrected chi connectivity index (χ4v) is 2.67. The average molecular weight is 304 g/mol. The predicted octanol–water partition coefficient (Wildman–Crippen LogP) is 3.39. The number of nitrogens with one attached hydrogen (secondary N) is 1. The fraction of sp³-hybridized carbons (Fsp3) is 0.111. The van der Waals surface area contributed by atoms with Crippen LogP contribution in [0.4, 0.5) is 0 Å². The van der Waals surface area contributed by atoms with Crippen molar-refractivity contribution in [3.63, 3.8) is 0 Å². The maximum absolute atomic E-state index is 5.58. The third-order valence-corrected chi connectivity index (χ3v) is 3.81. The van der Waals surface area contributed by atoms with E-state index in [1.165, 1.54) is 0 Å². The van der Waals surface area contributed by atoms with Crippen LogP contribution in [0.3, 0.4) is 0 Å². The summed E-state index contributed by atoms with van der Waals surface area (Å²) in [5.41, 5.74) is 10.8. The van der Waals surface area contributed by atoms with Crippen molar-refractivity contribution in [2.45, 2.75) is 6.42 Å². The van der Waals surface area contributed by atoms with E-state index in [1.807, 2.05) is 18.2 Å². The Morgan fingerprint density at radius 2 is 1.78 bits per heavy atom. The van der Waals surface area contributed by atoms with Gasteiger partial charge in [0.2, 0.25) is 5.89 Å². The minimum Gasteiger partial charge on any atom is -0.445 e. The first kappa shape index (κ1) is 13.7. The van der Waals surface area contributed by atoms with Crippen molar-refractivity contribution in [2.75, 3.05) is 6.54 Å². The van der Waals surface area contributed by atoms with E-state index in [1.54, 1.807) is 12.5 Å². The van der Waals surface area contributed by atoms with E-state index in [4.69, 9.17) is 10.2 Å². The van der Waals surface area contributed by atoms with Gasteiger partial charge in [0.15, 0.2) is 0 Å². The summed E-state index contributed by atoms with van der Waals surface area (Å²) in [6.07, 6.45) is 3.98. The van der Waals surface area contributed by atoms with Crippen molar-refractivity contribution in [1.29, 1.82) is 0 Å². The molecule has 0 aliphatic heterocycles. The Morgan fingerprint density at radius 3 is 2.52 bits per heavy atom. The number of H-pyrrole nitrogens is 1. The van der Waals surface area contributed by atoms with E-state index in [0.29, 0.717) is 12.4 Å². The molecule has 0 saturated carbocycles. The third kappa shape index (κ3) is 2.62. The molecule has 4 aromatic rings. The van der Waals surface area contributed by atoms with Crippen LogP contribution >= 0.6 is 0 Å². The number of nitrogens with two attached hydrogens (primary N) is 1. The summed E-state index contributed by atoms with van der Waals surface area (Å²) < 4.78 is 5.31. The van der Waals surface area contributed by atoms with Crippen molar-refractivity contribution in [1.82, 2.24) is 15.0 Å². The number of oxazole rings is 1. The van der Waals surface area contributed by atoms with E-state index >= 15 is 0 Å². The maximum Gasteiger partial charge on any atom is 0.225 e. The van der Waals surface area contributed by atoms with Gasteiger partial charge in [-0.3, -0.25) is 0 Å². The molecule has 0 atom stereocenters. The first-order chi connectivity index (χ1) is 11.3. The van der Waals surface area contributed by atoms with Crippen LogP contribution in [0, 0.1) is 0 Å². The molecule has 5 heteroatoms. The lowest BCUT2D eigenvalue weighted by Crippen LogP contribution is -2.03. The van der Waals surface area contributed by atoms with E-state index in [-0.39, 0.29) is 0 Å². The molecule has 0 spiro atoms. The molecule has 2 aromatic heterocycles. The standard InChI is InChI=1S/C18H16N4O/c19-8-7-17-21-15-6-5-14(11-16(15)22-17)12-1-3-13(4-2-12)18-20-9-10-23-18/h1-6,9-11H,7-8,19H2,(H,21,22). The van der Waals surface area contributed by atoms with E-state index in [2.05, 4.69) is 39.2 Å². The number of hydrogen-bond acceptors (Lipinski definition) is 4. The van der Waals surface area contributed by atoms with Crippen molar-refractivity contribution in [2.24, 2.45) is 5.73 Å². The highest BCUT2D eigenvalue weighted by Crippen LogP contribution is 2.26. The molecular formula is C18H16N4O. The molecule has 2 aromatic carbocycles. The molecule has 4 rings (SSSR count). The minimum absolute atomic E-state index is 0.592. The largest absolute Gasteiger partial charge is 0.445 e. The highest BCUT2D eigenvalue weighted by Gasteiger charge is 2.06. The van der Waals surface area contributed by atoms with Crippen LogP contribution in [0.25, 0.3) is 33.6 Å². The molecule has 0 aliphatic rings. The maximum atomic E-state index is 5.58. The first-order valence-electron chi connectivity index (χ1n) is 7.52. The van der Waals surface area contributed by atoms with Gasteiger partial charge in [-0.1, -0.05) is 18.2 Å². The molecule has 2 heterocycles. The van der Waals surface area contributed by atoms with Crippen LogP contribution in [-0.4, -0.2) is 21.5 Å². The lowest BCUT2D eigenvalue weighted by Gasteiger charge is -2.03. The number of aromatic nitrogens is 3. The second-order valence-corrected chi connectivity index (χ2v) is 5.37. The normalized spacial score (nSPS) is 11.2. The number of fused-ring (bicyclic) bond motifs is 1. The van der Waals surface area contributed by atoms with Crippen LogP contribution in [0.5, 0.6) is 0 Å². The van der Waals surface area contributed by atoms with Crippen LogP contribution in [-0.2, 0) is 6.42 Å². The van der Waals surface area contributed by atoms with Gasteiger partial charge in [0, 0.05) is 12.0 Å². The minimum atomic E-state index is 0.592. The van der Waals surface area contributed by atoms with Crippen LogP contribution in [0.1, 0.15) is 5.82 Å². The zero-order valence-corrected chi connectivity index (χ0v) is 12.5.